The maximum absolute atomic E-state index is 13.0. The fourth-order valence-corrected chi connectivity index (χ4v) is 9.03. The number of aromatic nitrogens is 10. The predicted octanol–water partition coefficient (Wildman–Crippen LogP) is 8.47. The quantitative estimate of drug-likeness (QED) is 0.0244. The normalized spacial score (nSPS) is 11.9. The van der Waals surface area contributed by atoms with E-state index in [4.69, 9.17) is 51.2 Å². The predicted molar refractivity (Wildman–Crippen MR) is 276 cm³/mol. The van der Waals surface area contributed by atoms with Crippen LogP contribution in [0.4, 0.5) is 26.3 Å². The van der Waals surface area contributed by atoms with Crippen LogP contribution in [0, 0.1) is 69.6 Å². The maximum atomic E-state index is 13.0. The van der Waals surface area contributed by atoms with Crippen LogP contribution >= 0.6 is 56.5 Å². The Balaban J connectivity index is 0.00000119. The number of aryl methyl sites for hydroxylation is 4. The molecule has 0 aliphatic heterocycles. The van der Waals surface area contributed by atoms with Crippen LogP contribution < -0.4 is 20.3 Å². The summed E-state index contributed by atoms with van der Waals surface area (Å²) in [6.45, 7) is 9.14. The van der Waals surface area contributed by atoms with Crippen molar-refractivity contribution in [2.75, 3.05) is 18.1 Å². The molecular weight excluding hydrogens is 1460 g/mol. The fraction of sp³-hybridized carbons (Fsp3) is 0.415. The standard InChI is InChI=1S/C20H22ClF3N6O4S.C14H13ClF3N3O3.C6H9ClN2O2S.CH3I.BH.H3N.U/c1-11-16(12(2)29(5)26-11)35(32,33)28-18(31)13-6-7-14(25-17(13)21)30-9-8-15(27-30)34-10-19(3,4)20(22,23)24;1-13(2,14(16,17)18)7-24-10-5-6-21(20-10)9-4-3-8(12(22)23)11(15)19-9;1-4-6(12(7,10)11)5(2)9(3)8-4;1-2;;;/h6-9H,10H2,1-5H3,(H,28,31);3-6H,7H2,1-2H3,(H,22,23);1-3H3;1H3;1H;1H3;/i;;;2*1D;;. The van der Waals surface area contributed by atoms with Gasteiger partial charge in [0, 0.05) is 90.2 Å². The molecule has 6 heterocycles. The molecule has 0 atom stereocenters. The van der Waals surface area contributed by atoms with Crippen LogP contribution in [0.25, 0.3) is 11.6 Å². The summed E-state index contributed by atoms with van der Waals surface area (Å²) in [5.41, 5.74) is -2.93. The Morgan fingerprint density at radius 1 is 0.724 bits per heavy atom. The summed E-state index contributed by atoms with van der Waals surface area (Å²) in [6, 6.07) is 7.91. The first-order chi connectivity index (χ1) is 34.8. The molecule has 0 aromatic carbocycles. The van der Waals surface area contributed by atoms with Gasteiger partial charge in [-0.15, -0.1) is 10.2 Å². The van der Waals surface area contributed by atoms with Gasteiger partial charge in [-0.3, -0.25) is 14.2 Å². The van der Waals surface area contributed by atoms with Gasteiger partial charge in [-0.05, 0) is 85.9 Å². The molecule has 6 aromatic heterocycles. The maximum Gasteiger partial charge on any atom is 0.397 e. The van der Waals surface area contributed by atoms with E-state index in [1.165, 1.54) is 74.4 Å². The number of hydrogen-bond acceptors (Lipinski definition) is 15. The molecular formula is C41H51BCl3F6IN12O9S2U. The zero-order valence-electron chi connectivity index (χ0n) is 43.8. The number of carboxylic acid groups (broad SMARTS) is 1. The Hall–Kier alpha value is -4.16. The second-order valence-electron chi connectivity index (χ2n) is 16.5. The van der Waals surface area contributed by atoms with Crippen LogP contribution in [0.1, 0.15) is 72.6 Å². The molecule has 418 valence electrons. The van der Waals surface area contributed by atoms with E-state index < -0.39 is 67.3 Å². The topological polar surface area (TPSA) is 285 Å². The number of ether oxygens (including phenoxy) is 2. The van der Waals surface area contributed by atoms with E-state index in [1.807, 2.05) is 27.3 Å². The Morgan fingerprint density at radius 3 is 1.37 bits per heavy atom. The number of amides is 1. The molecule has 6 aromatic rings. The van der Waals surface area contributed by atoms with Crippen molar-refractivity contribution in [2.45, 2.75) is 77.5 Å². The van der Waals surface area contributed by atoms with Gasteiger partial charge in [0.2, 0.25) is 11.8 Å². The minimum atomic E-state index is -4.46. The van der Waals surface area contributed by atoms with Crippen LogP contribution in [-0.2, 0) is 33.2 Å². The Labute approximate surface area is 490 Å². The molecule has 35 heteroatoms. The number of aromatic carboxylic acids is 1. The van der Waals surface area contributed by atoms with Crippen molar-refractivity contribution in [3.05, 3.63) is 93.0 Å². The number of hydrogen-bond donors (Lipinski definition) is 3. The molecule has 0 saturated heterocycles. The third-order valence-electron chi connectivity index (χ3n) is 10.1. The van der Waals surface area contributed by atoms with Crippen molar-refractivity contribution in [3.8, 4) is 23.4 Å². The SMILES string of the molecule is CC(C)(COc1ccn(-c2ccc(C(=O)O)c(Cl)n2)n1)C(F)(F)F.Cc1nn(C)c(C)c1S(=O)(=O)Cl.Cc1nn(C)c(C)c1S(=O)(=O)NC(=O)c1ccc(-n2ccc(OCC(C)(C)C(F)(F)F)n2)nc1Cl.N.[2H]CI.[2H][B].[U]. The van der Waals surface area contributed by atoms with E-state index in [0.717, 1.165) is 27.7 Å². The van der Waals surface area contributed by atoms with Crippen molar-refractivity contribution in [2.24, 2.45) is 24.9 Å². The molecule has 1 amide bonds. The number of nitrogens with zero attached hydrogens (tertiary/aromatic N) is 10. The van der Waals surface area contributed by atoms with Crippen molar-refractivity contribution in [3.63, 3.8) is 0 Å². The summed E-state index contributed by atoms with van der Waals surface area (Å²) < 4.78 is 154. The van der Waals surface area contributed by atoms with Crippen LogP contribution in [-0.4, -0.2) is 123 Å². The molecule has 0 spiro atoms. The molecule has 21 nitrogen and oxygen atoms in total. The van der Waals surface area contributed by atoms with Crippen molar-refractivity contribution in [1.29, 1.82) is 1.34 Å². The molecule has 0 aliphatic carbocycles. The zero-order chi connectivity index (χ0) is 58.7. The number of carboxylic acids is 1. The second-order valence-corrected chi connectivity index (χ2v) is 21.3. The van der Waals surface area contributed by atoms with Gasteiger partial charge in [0.15, 0.2) is 11.6 Å². The molecule has 5 N–H and O–H groups in total. The first-order valence-electron chi connectivity index (χ1n) is 21.5. The van der Waals surface area contributed by atoms with Gasteiger partial charge in [0.1, 0.15) is 33.3 Å². The average molecular weight is 1520 g/mol. The number of pyridine rings is 2. The van der Waals surface area contributed by atoms with Gasteiger partial charge in [0.05, 0.1) is 44.7 Å². The Morgan fingerprint density at radius 2 is 1.08 bits per heavy atom. The fourth-order valence-electron chi connectivity index (χ4n) is 5.61. The largest absolute Gasteiger partial charge is 0.478 e. The van der Waals surface area contributed by atoms with Crippen LogP contribution in [0.2, 0.25) is 10.3 Å². The van der Waals surface area contributed by atoms with Gasteiger partial charge < -0.3 is 20.7 Å². The van der Waals surface area contributed by atoms with Gasteiger partial charge in [-0.1, -0.05) is 45.8 Å². The summed E-state index contributed by atoms with van der Waals surface area (Å²) in [5, 5.41) is 24.2. The van der Waals surface area contributed by atoms with Gasteiger partial charge in [-0.2, -0.15) is 36.5 Å². The van der Waals surface area contributed by atoms with Crippen LogP contribution in [0.15, 0.2) is 58.6 Å². The van der Waals surface area contributed by atoms with Gasteiger partial charge in [-0.25, -0.2) is 45.7 Å². The molecule has 6 rings (SSSR count). The molecule has 2 radical (unpaired) electrons. The Bertz CT molecular complexity index is 3230. The van der Waals surface area contributed by atoms with Crippen molar-refractivity contribution >= 4 is 95.8 Å². The molecule has 0 saturated carbocycles. The summed E-state index contributed by atoms with van der Waals surface area (Å²) in [4.78, 5) is 31.9. The second kappa shape index (κ2) is 28.1. The number of sulfonamides is 1. The van der Waals surface area contributed by atoms with E-state index in [0.29, 0.717) is 22.0 Å². The first-order valence-corrected chi connectivity index (χ1v) is 26.3. The van der Waals surface area contributed by atoms with Crippen molar-refractivity contribution < 1.29 is 99.8 Å². The summed E-state index contributed by atoms with van der Waals surface area (Å²) >= 11 is 13.8. The van der Waals surface area contributed by atoms with E-state index in [1.54, 1.807) is 34.9 Å². The van der Waals surface area contributed by atoms with Crippen LogP contribution in [0.5, 0.6) is 11.8 Å². The van der Waals surface area contributed by atoms with E-state index in [2.05, 4.69) is 38.7 Å². The third kappa shape index (κ3) is 18.2. The number of nitrogens with one attached hydrogen (secondary N) is 1. The summed E-state index contributed by atoms with van der Waals surface area (Å²) in [7, 11) is 4.31. The molecule has 0 unspecified atom stereocenters. The molecule has 0 fully saturated rings. The third-order valence-corrected chi connectivity index (χ3v) is 13.8. The number of carbonyl (C=O) groups is 2. The van der Waals surface area contributed by atoms with E-state index >= 15 is 0 Å². The van der Waals surface area contributed by atoms with Crippen LogP contribution in [0.3, 0.4) is 0 Å². The molecule has 0 aliphatic rings. The monoisotopic (exact) mass is 1520 g/mol. The van der Waals surface area contributed by atoms with E-state index in [9.17, 15) is 52.8 Å². The first kappa shape index (κ1) is 67.9. The average Bonchev–Trinajstić information content (AvgIpc) is 4.08. The zero-order valence-corrected chi connectivity index (χ0v) is 52.0. The smallest absolute Gasteiger partial charge is 0.397 e. The number of carbonyl (C=O) groups excluding carboxylic acids is 1. The number of halogens is 10. The number of rotatable bonds is 13. The van der Waals surface area contributed by atoms with Gasteiger partial charge >= 0.3 is 18.3 Å². The Kier molecular flexibility index (Phi) is 25.1. The summed E-state index contributed by atoms with van der Waals surface area (Å²) in [5.74, 6) is -2.00. The summed E-state index contributed by atoms with van der Waals surface area (Å²) in [6.07, 6.45) is -6.07. The van der Waals surface area contributed by atoms with Gasteiger partial charge in [0.25, 0.3) is 25.0 Å². The van der Waals surface area contributed by atoms with Crippen molar-refractivity contribution in [1.82, 2.24) is 60.0 Å². The minimum absolute atomic E-state index is 0. The molecule has 76 heavy (non-hydrogen) atoms. The van der Waals surface area contributed by atoms with E-state index in [-0.39, 0.29) is 97.6 Å². The number of alkyl halides is 7. The molecule has 0 bridgehead atoms. The minimum Gasteiger partial charge on any atom is -0.478 e.